The lowest BCUT2D eigenvalue weighted by Crippen LogP contribution is -2.09. The first kappa shape index (κ1) is 34.5. The van der Waals surface area contributed by atoms with E-state index in [9.17, 15) is 9.59 Å². The van der Waals surface area contributed by atoms with E-state index in [2.05, 4.69) is 59.8 Å². The predicted molar refractivity (Wildman–Crippen MR) is 183 cm³/mol. The van der Waals surface area contributed by atoms with Crippen LogP contribution in [0.1, 0.15) is 58.8 Å². The Hall–Kier alpha value is -6.34. The number of anilines is 2. The summed E-state index contributed by atoms with van der Waals surface area (Å²) in [7, 11) is 7.61. The average molecular weight is 699 g/mol. The van der Waals surface area contributed by atoms with Gasteiger partial charge in [-0.2, -0.15) is 29.8 Å². The summed E-state index contributed by atoms with van der Waals surface area (Å²) >= 11 is 0. The van der Waals surface area contributed by atoms with Gasteiger partial charge in [-0.1, -0.05) is 13.8 Å². The first-order valence-electron chi connectivity index (χ1n) is 16.1. The largest absolute Gasteiger partial charge is 0.465 e. The zero-order valence-corrected chi connectivity index (χ0v) is 29.3. The molecule has 3 N–H and O–H groups in total. The minimum absolute atomic E-state index is 0.165. The van der Waals surface area contributed by atoms with Crippen LogP contribution in [-0.4, -0.2) is 82.3 Å². The van der Waals surface area contributed by atoms with Crippen molar-refractivity contribution in [1.82, 2.24) is 49.1 Å². The summed E-state index contributed by atoms with van der Waals surface area (Å²) in [6.45, 7) is 4.13. The zero-order chi connectivity index (χ0) is 36.4. The Morgan fingerprint density at radius 1 is 0.882 bits per heavy atom. The van der Waals surface area contributed by atoms with Crippen LogP contribution in [0.2, 0.25) is 0 Å². The number of carbonyl (C=O) groups is 2. The fourth-order valence-electron chi connectivity index (χ4n) is 5.33. The lowest BCUT2D eigenvalue weighted by Gasteiger charge is -2.08. The monoisotopic (exact) mass is 698 g/mol. The van der Waals surface area contributed by atoms with Crippen molar-refractivity contribution in [3.05, 3.63) is 47.3 Å². The molecule has 0 spiro atoms. The summed E-state index contributed by atoms with van der Waals surface area (Å²) in [6, 6.07) is 1.69. The molecule has 20 nitrogen and oxygen atoms in total. The lowest BCUT2D eigenvalue weighted by molar-refractivity contribution is 0.0592. The van der Waals surface area contributed by atoms with Crippen LogP contribution in [0.5, 0.6) is 0 Å². The van der Waals surface area contributed by atoms with E-state index in [1.165, 1.54) is 47.0 Å². The molecule has 0 atom stereocenters. The number of hydrogen-bond acceptors (Lipinski definition) is 16. The molecule has 1 fully saturated rings. The third kappa shape index (κ3) is 6.92. The van der Waals surface area contributed by atoms with Gasteiger partial charge < -0.3 is 20.5 Å². The number of nitrogens with two attached hydrogens (primary N) is 1. The van der Waals surface area contributed by atoms with Crippen molar-refractivity contribution in [1.29, 1.82) is 0 Å². The average Bonchev–Trinajstić information content (AvgIpc) is 3.43. The van der Waals surface area contributed by atoms with Crippen molar-refractivity contribution in [2.24, 2.45) is 46.4 Å². The molecule has 20 heteroatoms. The second-order valence-corrected chi connectivity index (χ2v) is 12.3. The van der Waals surface area contributed by atoms with Gasteiger partial charge >= 0.3 is 11.9 Å². The number of carbonyl (C=O) groups excluding carboxylic acids is 2. The number of hydrogen-bond donors (Lipinski definition) is 2. The molecule has 5 aromatic heterocycles. The molecule has 1 aliphatic carbocycles. The molecule has 1 saturated carbocycles. The van der Waals surface area contributed by atoms with Crippen LogP contribution in [0.4, 0.5) is 34.6 Å². The predicted octanol–water partition coefficient (Wildman–Crippen LogP) is 4.49. The van der Waals surface area contributed by atoms with E-state index in [0.29, 0.717) is 59.0 Å². The number of nitrogens with zero attached hydrogens (tertiary/aromatic N) is 14. The standard InChI is InChI=1S/C31H38N16O4/c1-16(2)10-20-25(39-41-28-19(31(49)51-7)14-37-45(28)5)29(33-3)47(43-20)23-12-22(34-15-35-23)46-26(32)24(21(42-46)11-17-8-9-17)38-40-27-18(30(48)50-6)13-36-44(27)4/h12-17,33H,8-11,32H2,1-7H3. The number of nitrogens with one attached hydrogen (secondary N) is 1. The number of esters is 2. The summed E-state index contributed by atoms with van der Waals surface area (Å²) in [6.07, 6.45) is 7.49. The SMILES string of the molecule is CNc1c(N=Nc2c(C(=O)OC)cnn2C)c(CC(C)C)nn1-c1cc(-n2nc(CC3CC3)c(N=Nc3c(C(=O)OC)cnn3C)c2N)ncn1. The molecule has 5 heterocycles. The van der Waals surface area contributed by atoms with Gasteiger partial charge in [-0.15, -0.1) is 20.5 Å². The highest BCUT2D eigenvalue weighted by atomic mass is 16.5. The van der Waals surface area contributed by atoms with Gasteiger partial charge in [0.05, 0.1) is 38.0 Å². The van der Waals surface area contributed by atoms with Crippen LogP contribution in [0.3, 0.4) is 0 Å². The van der Waals surface area contributed by atoms with Crippen LogP contribution in [0, 0.1) is 11.8 Å². The Morgan fingerprint density at radius 3 is 1.96 bits per heavy atom. The van der Waals surface area contributed by atoms with E-state index in [0.717, 1.165) is 12.8 Å². The van der Waals surface area contributed by atoms with Crippen molar-refractivity contribution >= 4 is 46.6 Å². The molecular weight excluding hydrogens is 660 g/mol. The number of rotatable bonds is 13. The number of ether oxygens (including phenoxy) is 2. The highest BCUT2D eigenvalue weighted by Crippen LogP contribution is 2.39. The Bertz CT molecular complexity index is 2150. The number of aromatic nitrogens is 10. The third-order valence-corrected chi connectivity index (χ3v) is 8.10. The molecule has 5 aromatic rings. The Morgan fingerprint density at radius 2 is 1.43 bits per heavy atom. The van der Waals surface area contributed by atoms with Crippen molar-refractivity contribution in [3.8, 4) is 11.6 Å². The van der Waals surface area contributed by atoms with Crippen LogP contribution < -0.4 is 11.1 Å². The van der Waals surface area contributed by atoms with Crippen LogP contribution in [-0.2, 0) is 36.4 Å². The van der Waals surface area contributed by atoms with E-state index in [-0.39, 0.29) is 34.5 Å². The maximum atomic E-state index is 12.3. The Balaban J connectivity index is 1.41. The van der Waals surface area contributed by atoms with Gasteiger partial charge in [0, 0.05) is 27.2 Å². The molecule has 266 valence electrons. The summed E-state index contributed by atoms with van der Waals surface area (Å²) in [5, 5.41) is 38.8. The van der Waals surface area contributed by atoms with E-state index in [1.54, 1.807) is 31.9 Å². The van der Waals surface area contributed by atoms with Gasteiger partial charge in [0.15, 0.2) is 46.3 Å². The quantitative estimate of drug-likeness (QED) is 0.128. The molecule has 1 aliphatic rings. The van der Waals surface area contributed by atoms with Crippen molar-refractivity contribution in [2.45, 2.75) is 39.5 Å². The van der Waals surface area contributed by atoms with E-state index in [1.807, 2.05) is 0 Å². The molecular formula is C31H38N16O4. The molecule has 0 saturated heterocycles. The minimum Gasteiger partial charge on any atom is -0.465 e. The molecule has 6 rings (SSSR count). The van der Waals surface area contributed by atoms with E-state index < -0.39 is 11.9 Å². The van der Waals surface area contributed by atoms with Crippen molar-refractivity contribution in [3.63, 3.8) is 0 Å². The molecule has 0 bridgehead atoms. The summed E-state index contributed by atoms with van der Waals surface area (Å²) in [5.74, 6) is 1.40. The number of aryl methyl sites for hydroxylation is 2. The van der Waals surface area contributed by atoms with Crippen molar-refractivity contribution in [2.75, 3.05) is 32.3 Å². The smallest absolute Gasteiger partial charge is 0.343 e. The molecule has 51 heavy (non-hydrogen) atoms. The van der Waals surface area contributed by atoms with Gasteiger partial charge in [-0.05, 0) is 37.5 Å². The Kier molecular flexibility index (Phi) is 9.65. The zero-order valence-electron chi connectivity index (χ0n) is 29.3. The molecule has 0 aromatic carbocycles. The third-order valence-electron chi connectivity index (χ3n) is 8.10. The van der Waals surface area contributed by atoms with Gasteiger partial charge in [0.2, 0.25) is 0 Å². The Labute approximate surface area is 291 Å². The van der Waals surface area contributed by atoms with Crippen LogP contribution in [0.25, 0.3) is 11.6 Å². The maximum absolute atomic E-state index is 12.3. The van der Waals surface area contributed by atoms with Gasteiger partial charge in [-0.25, -0.2) is 28.9 Å². The summed E-state index contributed by atoms with van der Waals surface area (Å²) in [4.78, 5) is 33.6. The minimum atomic E-state index is -0.587. The van der Waals surface area contributed by atoms with Crippen molar-refractivity contribution < 1.29 is 19.1 Å². The maximum Gasteiger partial charge on any atom is 0.343 e. The highest BCUT2D eigenvalue weighted by molar-refractivity contribution is 5.94. The topological polar surface area (TPSA) is 237 Å². The van der Waals surface area contributed by atoms with E-state index >= 15 is 0 Å². The number of nitrogen functional groups attached to an aromatic ring is 1. The van der Waals surface area contributed by atoms with Crippen LogP contribution >= 0.6 is 0 Å². The van der Waals surface area contributed by atoms with Gasteiger partial charge in [0.25, 0.3) is 0 Å². The fourth-order valence-corrected chi connectivity index (χ4v) is 5.33. The molecule has 0 unspecified atom stereocenters. The normalized spacial score (nSPS) is 13.2. The summed E-state index contributed by atoms with van der Waals surface area (Å²) in [5.41, 5.74) is 9.11. The second kappa shape index (κ2) is 14.3. The number of methoxy groups -OCH3 is 2. The van der Waals surface area contributed by atoms with Crippen LogP contribution in [0.15, 0.2) is 45.2 Å². The lowest BCUT2D eigenvalue weighted by atomic mass is 10.1. The fraction of sp³-hybridized carbons (Fsp3) is 0.419. The van der Waals surface area contributed by atoms with E-state index in [4.69, 9.17) is 25.4 Å². The van der Waals surface area contributed by atoms with Gasteiger partial charge in [0.1, 0.15) is 17.5 Å². The summed E-state index contributed by atoms with van der Waals surface area (Å²) < 4.78 is 15.7. The molecule has 0 radical (unpaired) electrons. The number of azo groups is 2. The molecule has 0 amide bonds. The molecule has 0 aliphatic heterocycles. The first-order chi connectivity index (χ1) is 24.5. The highest BCUT2D eigenvalue weighted by Gasteiger charge is 2.28. The second-order valence-electron chi connectivity index (χ2n) is 12.3. The first-order valence-corrected chi connectivity index (χ1v) is 16.1. The van der Waals surface area contributed by atoms with Gasteiger partial charge in [-0.3, -0.25) is 0 Å².